The summed E-state index contributed by atoms with van der Waals surface area (Å²) < 4.78 is 25.7. The Kier molecular flexibility index (Phi) is 4.29. The van der Waals surface area contributed by atoms with Crippen LogP contribution >= 0.6 is 0 Å². The fourth-order valence-electron chi connectivity index (χ4n) is 2.82. The van der Waals surface area contributed by atoms with Gasteiger partial charge in [0.25, 0.3) is 0 Å². The summed E-state index contributed by atoms with van der Waals surface area (Å²) in [4.78, 5) is 0. The summed E-state index contributed by atoms with van der Waals surface area (Å²) in [5, 5.41) is 3.16. The van der Waals surface area contributed by atoms with Crippen LogP contribution in [0, 0.1) is 18.7 Å². The first kappa shape index (κ1) is 14.9. The number of hydrogen-bond acceptors (Lipinski definition) is 3. The van der Waals surface area contributed by atoms with Crippen molar-refractivity contribution in [3.8, 4) is 11.5 Å². The molecule has 22 heavy (non-hydrogen) atoms. The Morgan fingerprint density at radius 2 is 2.09 bits per heavy atom. The maximum Gasteiger partial charge on any atom is 0.135 e. The number of ether oxygens (including phenoxy) is 2. The lowest BCUT2D eigenvalue weighted by atomic mass is 9.92. The molecule has 0 radical (unpaired) electrons. The van der Waals surface area contributed by atoms with E-state index in [0.717, 1.165) is 23.4 Å². The quantitative estimate of drug-likeness (QED) is 0.938. The molecule has 0 bridgehead atoms. The third kappa shape index (κ3) is 2.92. The summed E-state index contributed by atoms with van der Waals surface area (Å²) >= 11 is 0. The number of aryl methyl sites for hydroxylation is 1. The molecule has 116 valence electrons. The number of benzene rings is 2. The summed E-state index contributed by atoms with van der Waals surface area (Å²) in [5.41, 5.74) is 1.84. The van der Waals surface area contributed by atoms with Gasteiger partial charge in [-0.3, -0.25) is 0 Å². The van der Waals surface area contributed by atoms with Crippen molar-refractivity contribution in [2.75, 3.05) is 20.2 Å². The molecule has 1 N–H and O–H groups in total. The lowest BCUT2D eigenvalue weighted by Crippen LogP contribution is -2.36. The number of nitrogens with one attached hydrogen (secondary N) is 1. The van der Waals surface area contributed by atoms with Crippen molar-refractivity contribution in [2.45, 2.75) is 13.0 Å². The second-order valence-corrected chi connectivity index (χ2v) is 5.61. The first-order valence-corrected chi connectivity index (χ1v) is 7.48. The molecule has 0 spiro atoms. The summed E-state index contributed by atoms with van der Waals surface area (Å²) in [7, 11) is 1.89. The molecule has 3 rings (SSSR count). The third-order valence-electron chi connectivity index (χ3n) is 3.97. The van der Waals surface area contributed by atoms with Crippen LogP contribution in [0.5, 0.6) is 11.5 Å². The molecular weight excluding hydrogens is 281 g/mol. The molecule has 4 heteroatoms. The predicted octanol–water partition coefficient (Wildman–Crippen LogP) is 3.48. The molecule has 0 aromatic heterocycles. The van der Waals surface area contributed by atoms with Crippen molar-refractivity contribution in [1.82, 2.24) is 5.32 Å². The Hall–Kier alpha value is -2.07. The molecule has 2 atom stereocenters. The van der Waals surface area contributed by atoms with Gasteiger partial charge in [0.15, 0.2) is 0 Å². The second kappa shape index (κ2) is 6.36. The molecule has 1 aliphatic heterocycles. The van der Waals surface area contributed by atoms with Gasteiger partial charge < -0.3 is 14.8 Å². The zero-order chi connectivity index (χ0) is 15.5. The average Bonchev–Trinajstić information content (AvgIpc) is 2.52. The van der Waals surface area contributed by atoms with Crippen LogP contribution in [0.25, 0.3) is 0 Å². The summed E-state index contributed by atoms with van der Waals surface area (Å²) in [6, 6.07) is 12.5. The molecule has 2 aromatic carbocycles. The van der Waals surface area contributed by atoms with Gasteiger partial charge in [0.2, 0.25) is 0 Å². The zero-order valence-corrected chi connectivity index (χ0v) is 12.8. The lowest BCUT2D eigenvalue weighted by Gasteiger charge is -2.34. The van der Waals surface area contributed by atoms with Gasteiger partial charge in [-0.05, 0) is 43.8 Å². The van der Waals surface area contributed by atoms with Gasteiger partial charge in [-0.15, -0.1) is 0 Å². The number of halogens is 1. The van der Waals surface area contributed by atoms with E-state index in [2.05, 4.69) is 5.32 Å². The molecule has 1 heterocycles. The number of rotatable bonds is 4. The molecule has 0 saturated heterocycles. The minimum absolute atomic E-state index is 0.124. The van der Waals surface area contributed by atoms with Crippen LogP contribution in [0.3, 0.4) is 0 Å². The summed E-state index contributed by atoms with van der Waals surface area (Å²) in [5.74, 6) is 1.38. The van der Waals surface area contributed by atoms with Gasteiger partial charge in [0, 0.05) is 18.0 Å². The van der Waals surface area contributed by atoms with Crippen LogP contribution in [0.4, 0.5) is 4.39 Å². The van der Waals surface area contributed by atoms with Crippen molar-refractivity contribution in [2.24, 2.45) is 5.92 Å². The topological polar surface area (TPSA) is 30.5 Å². The molecule has 0 aliphatic carbocycles. The molecular formula is C18H20FNO2. The molecule has 3 nitrogen and oxygen atoms in total. The third-order valence-corrected chi connectivity index (χ3v) is 3.97. The highest BCUT2D eigenvalue weighted by Gasteiger charge is 2.33. The minimum atomic E-state index is -0.272. The van der Waals surface area contributed by atoms with E-state index in [1.54, 1.807) is 6.07 Å². The van der Waals surface area contributed by atoms with E-state index in [1.807, 2.05) is 38.2 Å². The number of para-hydroxylation sites is 1. The Morgan fingerprint density at radius 3 is 2.86 bits per heavy atom. The van der Waals surface area contributed by atoms with E-state index in [0.29, 0.717) is 12.4 Å². The zero-order valence-electron chi connectivity index (χ0n) is 12.8. The fourth-order valence-corrected chi connectivity index (χ4v) is 2.82. The second-order valence-electron chi connectivity index (χ2n) is 5.61. The van der Waals surface area contributed by atoms with E-state index in [1.165, 1.54) is 12.1 Å². The standard InChI is InChI=1S/C18H20FNO2/c1-12-5-3-4-6-16(12)22-18-13(10-20-2)11-21-17-8-7-14(19)9-15(17)18/h3-9,13,18,20H,10-11H2,1-2H3. The van der Waals surface area contributed by atoms with E-state index in [-0.39, 0.29) is 17.8 Å². The lowest BCUT2D eigenvalue weighted by molar-refractivity contribution is 0.0695. The largest absolute Gasteiger partial charge is 0.493 e. The van der Waals surface area contributed by atoms with Crippen molar-refractivity contribution >= 4 is 0 Å². The maximum atomic E-state index is 13.7. The molecule has 0 saturated carbocycles. The van der Waals surface area contributed by atoms with Gasteiger partial charge in [-0.25, -0.2) is 4.39 Å². The highest BCUT2D eigenvalue weighted by atomic mass is 19.1. The van der Waals surface area contributed by atoms with Gasteiger partial charge >= 0.3 is 0 Å². The van der Waals surface area contributed by atoms with E-state index >= 15 is 0 Å². The Balaban J connectivity index is 1.97. The summed E-state index contributed by atoms with van der Waals surface area (Å²) in [6.07, 6.45) is -0.229. The van der Waals surface area contributed by atoms with Crippen LogP contribution in [0.1, 0.15) is 17.2 Å². The molecule has 1 aliphatic rings. The smallest absolute Gasteiger partial charge is 0.135 e. The van der Waals surface area contributed by atoms with Crippen LogP contribution in [-0.2, 0) is 0 Å². The monoisotopic (exact) mass is 301 g/mol. The van der Waals surface area contributed by atoms with Gasteiger partial charge in [-0.2, -0.15) is 0 Å². The van der Waals surface area contributed by atoms with Crippen molar-refractivity contribution in [3.63, 3.8) is 0 Å². The molecule has 0 fully saturated rings. The summed E-state index contributed by atoms with van der Waals surface area (Å²) in [6.45, 7) is 3.30. The highest BCUT2D eigenvalue weighted by Crippen LogP contribution is 2.39. The number of hydrogen-bond donors (Lipinski definition) is 1. The molecule has 2 unspecified atom stereocenters. The average molecular weight is 301 g/mol. The minimum Gasteiger partial charge on any atom is -0.493 e. The maximum absolute atomic E-state index is 13.7. The van der Waals surface area contributed by atoms with Crippen LogP contribution < -0.4 is 14.8 Å². The van der Waals surface area contributed by atoms with Crippen molar-refractivity contribution in [1.29, 1.82) is 0 Å². The number of fused-ring (bicyclic) bond motifs is 1. The molecule has 2 aromatic rings. The van der Waals surface area contributed by atoms with Crippen LogP contribution in [0.15, 0.2) is 42.5 Å². The van der Waals surface area contributed by atoms with E-state index < -0.39 is 0 Å². The van der Waals surface area contributed by atoms with E-state index in [4.69, 9.17) is 9.47 Å². The molecule has 0 amide bonds. The Morgan fingerprint density at radius 1 is 1.27 bits per heavy atom. The van der Waals surface area contributed by atoms with E-state index in [9.17, 15) is 4.39 Å². The SMILES string of the molecule is CNCC1COc2ccc(F)cc2C1Oc1ccccc1C. The van der Waals surface area contributed by atoms with Crippen LogP contribution in [0.2, 0.25) is 0 Å². The van der Waals surface area contributed by atoms with Crippen molar-refractivity contribution < 1.29 is 13.9 Å². The van der Waals surface area contributed by atoms with Gasteiger partial charge in [0.05, 0.1) is 6.61 Å². The van der Waals surface area contributed by atoms with Gasteiger partial charge in [-0.1, -0.05) is 18.2 Å². The normalized spacial score (nSPS) is 20.1. The highest BCUT2D eigenvalue weighted by molar-refractivity contribution is 5.40. The first-order valence-electron chi connectivity index (χ1n) is 7.48. The predicted molar refractivity (Wildman–Crippen MR) is 83.9 cm³/mol. The van der Waals surface area contributed by atoms with Crippen LogP contribution in [-0.4, -0.2) is 20.2 Å². The van der Waals surface area contributed by atoms with Crippen molar-refractivity contribution in [3.05, 3.63) is 59.4 Å². The first-order chi connectivity index (χ1) is 10.7. The fraction of sp³-hybridized carbons (Fsp3) is 0.333. The van der Waals surface area contributed by atoms with Gasteiger partial charge in [0.1, 0.15) is 23.4 Å². The Labute approximate surface area is 130 Å². The Bertz CT molecular complexity index is 659.